The number of nitrogens with zero attached hydrogens (tertiary/aromatic N) is 3. The van der Waals surface area contributed by atoms with E-state index >= 15 is 0 Å². The van der Waals surface area contributed by atoms with E-state index < -0.39 is 73.5 Å². The molecule has 0 saturated carbocycles. The number of halogens is 9. The number of alkyl halides is 9. The number of aliphatic hydroxyl groups excluding tert-OH is 3. The largest absolute Gasteiger partial charge is 0.421 e. The maximum absolute atomic E-state index is 12.9. The second-order valence-electron chi connectivity index (χ2n) is 15.1. The summed E-state index contributed by atoms with van der Waals surface area (Å²) in [5, 5.41) is 28.2. The summed E-state index contributed by atoms with van der Waals surface area (Å²) >= 11 is 0. The molecule has 1 aliphatic rings. The molecule has 4 rings (SSSR count). The van der Waals surface area contributed by atoms with E-state index in [1.54, 1.807) is 54.6 Å². The van der Waals surface area contributed by atoms with E-state index in [1.807, 2.05) is 0 Å². The van der Waals surface area contributed by atoms with Crippen LogP contribution in [0.2, 0.25) is 0 Å². The summed E-state index contributed by atoms with van der Waals surface area (Å²) < 4.78 is 116. The standard InChI is InChI=1S/C42H48F9N3O6/c43-40(44,45)37(58)34(55)22-28-7-1-10-31(19-28)25-52-13-4-15-53(26-32-11-2-8-29(20-32)23-35(56)38(59)41(46,47)48)17-6-18-54(16-5-14-52)27-33-12-3-9-30(21-33)24-36(57)39(60)42(49,50)51/h1-3,7-12,19-21,37-39,58-60H,4-6,13-18,22-27H2. The average Bonchev–Trinajstić information content (AvgIpc) is 3.15. The molecule has 3 atom stereocenters. The van der Waals surface area contributed by atoms with Crippen LogP contribution in [0.25, 0.3) is 0 Å². The predicted octanol–water partition coefficient (Wildman–Crippen LogP) is 5.78. The summed E-state index contributed by atoms with van der Waals surface area (Å²) in [7, 11) is 0. The minimum absolute atomic E-state index is 0.307. The van der Waals surface area contributed by atoms with Gasteiger partial charge in [0.05, 0.1) is 0 Å². The van der Waals surface area contributed by atoms with Crippen molar-refractivity contribution in [1.29, 1.82) is 0 Å². The molecule has 3 unspecified atom stereocenters. The molecule has 0 aliphatic carbocycles. The molecule has 0 radical (unpaired) electrons. The number of aliphatic hydroxyl groups is 3. The van der Waals surface area contributed by atoms with Crippen molar-refractivity contribution < 1.29 is 69.2 Å². The molecule has 0 aromatic heterocycles. The molecule has 1 aliphatic heterocycles. The Morgan fingerprint density at radius 1 is 0.433 bits per heavy atom. The van der Waals surface area contributed by atoms with E-state index in [0.29, 0.717) is 94.9 Å². The van der Waals surface area contributed by atoms with Crippen LogP contribution in [0.15, 0.2) is 72.8 Å². The molecule has 1 fully saturated rings. The molecule has 1 heterocycles. The normalized spacial score (nSPS) is 17.6. The number of hydrogen-bond acceptors (Lipinski definition) is 9. The lowest BCUT2D eigenvalue weighted by Crippen LogP contribution is -2.37. The van der Waals surface area contributed by atoms with Crippen molar-refractivity contribution in [1.82, 2.24) is 14.7 Å². The van der Waals surface area contributed by atoms with Crippen LogP contribution in [0, 0.1) is 0 Å². The number of carbonyl (C=O) groups is 3. The zero-order chi connectivity index (χ0) is 44.3. The Balaban J connectivity index is 1.51. The van der Waals surface area contributed by atoms with Gasteiger partial charge >= 0.3 is 18.5 Å². The van der Waals surface area contributed by atoms with Crippen molar-refractivity contribution in [2.75, 3.05) is 39.3 Å². The average molecular weight is 862 g/mol. The summed E-state index contributed by atoms with van der Waals surface area (Å²) in [4.78, 5) is 42.9. The Bertz CT molecular complexity index is 1660. The second-order valence-corrected chi connectivity index (χ2v) is 15.1. The maximum Gasteiger partial charge on any atom is 0.421 e. The van der Waals surface area contributed by atoms with E-state index in [1.165, 1.54) is 18.2 Å². The number of benzene rings is 3. The van der Waals surface area contributed by atoms with Gasteiger partial charge in [-0.3, -0.25) is 29.1 Å². The topological polar surface area (TPSA) is 122 Å². The molecule has 330 valence electrons. The number of carbonyl (C=O) groups excluding carboxylic acids is 3. The van der Waals surface area contributed by atoms with Crippen LogP contribution < -0.4 is 0 Å². The van der Waals surface area contributed by atoms with Gasteiger partial charge in [0.25, 0.3) is 0 Å². The summed E-state index contributed by atoms with van der Waals surface area (Å²) in [6, 6.07) is 19.6. The van der Waals surface area contributed by atoms with Crippen molar-refractivity contribution in [2.24, 2.45) is 0 Å². The van der Waals surface area contributed by atoms with Crippen LogP contribution in [-0.2, 0) is 53.3 Å². The van der Waals surface area contributed by atoms with Crippen LogP contribution in [0.1, 0.15) is 52.6 Å². The van der Waals surface area contributed by atoms with E-state index in [2.05, 4.69) is 14.7 Å². The van der Waals surface area contributed by atoms with E-state index in [4.69, 9.17) is 0 Å². The van der Waals surface area contributed by atoms with E-state index in [0.717, 1.165) is 16.7 Å². The first-order valence-electron chi connectivity index (χ1n) is 19.3. The lowest BCUT2D eigenvalue weighted by Gasteiger charge is -2.30. The molecule has 9 nitrogen and oxygen atoms in total. The molecule has 0 bridgehead atoms. The van der Waals surface area contributed by atoms with Gasteiger partial charge in [-0.1, -0.05) is 72.8 Å². The number of Topliss-reactive ketones (excluding diaryl/α,β-unsaturated/α-hetero) is 3. The lowest BCUT2D eigenvalue weighted by atomic mass is 10.0. The first kappa shape index (κ1) is 48.5. The molecule has 0 spiro atoms. The molecule has 18 heteroatoms. The molecular formula is C42H48F9N3O6. The Labute approximate surface area is 341 Å². The van der Waals surface area contributed by atoms with E-state index in [-0.39, 0.29) is 0 Å². The Kier molecular flexibility index (Phi) is 17.4. The van der Waals surface area contributed by atoms with Crippen molar-refractivity contribution >= 4 is 17.3 Å². The first-order valence-corrected chi connectivity index (χ1v) is 19.3. The molecule has 0 amide bonds. The van der Waals surface area contributed by atoms with Crippen molar-refractivity contribution in [3.05, 3.63) is 106 Å². The van der Waals surface area contributed by atoms with Crippen LogP contribution in [0.3, 0.4) is 0 Å². The fraction of sp³-hybridized carbons (Fsp3) is 0.500. The Morgan fingerprint density at radius 3 is 0.867 bits per heavy atom. The van der Waals surface area contributed by atoms with Gasteiger partial charge in [0, 0.05) is 38.9 Å². The van der Waals surface area contributed by atoms with Crippen molar-refractivity contribution in [3.63, 3.8) is 0 Å². The summed E-state index contributed by atoms with van der Waals surface area (Å²) in [5.41, 5.74) is 3.11. The second kappa shape index (κ2) is 21.5. The Hall–Kier alpha value is -4.20. The third kappa shape index (κ3) is 15.7. The zero-order valence-electron chi connectivity index (χ0n) is 32.6. The summed E-state index contributed by atoms with van der Waals surface area (Å²) in [5.74, 6) is -4.13. The SMILES string of the molecule is O=C(Cc1cccc(CN2CCCN(Cc3cccc(CC(=O)C(O)C(F)(F)F)c3)CCCN(Cc3cccc(CC(=O)C(O)C(F)(F)F)c3)CCC2)c1)C(O)C(F)(F)F. The molecule has 3 aromatic rings. The van der Waals surface area contributed by atoms with Crippen LogP contribution in [0.5, 0.6) is 0 Å². The van der Waals surface area contributed by atoms with Crippen LogP contribution in [-0.4, -0.2) is 123 Å². The van der Waals surface area contributed by atoms with Gasteiger partial charge < -0.3 is 15.3 Å². The lowest BCUT2D eigenvalue weighted by molar-refractivity contribution is -0.204. The molecule has 1 saturated heterocycles. The summed E-state index contributed by atoms with van der Waals surface area (Å²) in [6.45, 7) is 4.61. The van der Waals surface area contributed by atoms with Gasteiger partial charge in [0.1, 0.15) is 0 Å². The highest BCUT2D eigenvalue weighted by molar-refractivity contribution is 5.86. The predicted molar refractivity (Wildman–Crippen MR) is 201 cm³/mol. The van der Waals surface area contributed by atoms with Crippen molar-refractivity contribution in [3.8, 4) is 0 Å². The van der Waals surface area contributed by atoms with Gasteiger partial charge in [-0.05, 0) is 91.9 Å². The highest BCUT2D eigenvalue weighted by atomic mass is 19.4. The Morgan fingerprint density at radius 2 is 0.650 bits per heavy atom. The maximum atomic E-state index is 12.9. The van der Waals surface area contributed by atoms with Crippen LogP contribution in [0.4, 0.5) is 39.5 Å². The minimum Gasteiger partial charge on any atom is -0.377 e. The smallest absolute Gasteiger partial charge is 0.377 e. The number of rotatable bonds is 15. The van der Waals surface area contributed by atoms with Crippen LogP contribution >= 0.6 is 0 Å². The van der Waals surface area contributed by atoms with Gasteiger partial charge in [0.2, 0.25) is 18.3 Å². The monoisotopic (exact) mass is 861 g/mol. The van der Waals surface area contributed by atoms with Gasteiger partial charge in [-0.15, -0.1) is 0 Å². The third-order valence-corrected chi connectivity index (χ3v) is 10.0. The van der Waals surface area contributed by atoms with Gasteiger partial charge in [-0.25, -0.2) is 0 Å². The third-order valence-electron chi connectivity index (χ3n) is 10.0. The fourth-order valence-electron chi connectivity index (χ4n) is 7.09. The highest BCUT2D eigenvalue weighted by Crippen LogP contribution is 2.25. The zero-order valence-corrected chi connectivity index (χ0v) is 32.6. The summed E-state index contributed by atoms with van der Waals surface area (Å²) in [6.07, 6.45) is -24.4. The number of ketones is 3. The molecule has 3 aromatic carbocycles. The molecule has 3 N–H and O–H groups in total. The minimum atomic E-state index is -5.08. The molecular weight excluding hydrogens is 813 g/mol. The van der Waals surface area contributed by atoms with Gasteiger partial charge in [0.15, 0.2) is 17.3 Å². The number of hydrogen-bond donors (Lipinski definition) is 3. The van der Waals surface area contributed by atoms with Gasteiger partial charge in [-0.2, -0.15) is 39.5 Å². The quantitative estimate of drug-likeness (QED) is 0.164. The highest BCUT2D eigenvalue weighted by Gasteiger charge is 2.44. The molecule has 60 heavy (non-hydrogen) atoms. The van der Waals surface area contributed by atoms with Crippen molar-refractivity contribution in [2.45, 2.75) is 95.0 Å². The fourth-order valence-corrected chi connectivity index (χ4v) is 7.09. The first-order chi connectivity index (χ1) is 28.1. The van der Waals surface area contributed by atoms with E-state index in [9.17, 15) is 69.2 Å².